The predicted octanol–water partition coefficient (Wildman–Crippen LogP) is 4.17. The second-order valence-electron chi connectivity index (χ2n) is 8.27. The minimum absolute atomic E-state index is 0.0774. The average molecular weight is 331 g/mol. The first-order valence-corrected chi connectivity index (χ1v) is 9.52. The van der Waals surface area contributed by atoms with Crippen molar-refractivity contribution in [3.05, 3.63) is 28.5 Å². The Morgan fingerprint density at radius 2 is 1.70 bits per heavy atom. The molecule has 4 bridgehead atoms. The summed E-state index contributed by atoms with van der Waals surface area (Å²) in [4.78, 5) is 17.4. The fourth-order valence-corrected chi connectivity index (χ4v) is 5.85. The number of nitrogens with zero attached hydrogens (tertiary/aromatic N) is 1. The highest BCUT2D eigenvalue weighted by atomic mass is 35.5. The molecule has 1 N–H and O–H groups in total. The van der Waals surface area contributed by atoms with Crippen LogP contribution in [0.1, 0.15) is 66.9 Å². The molecule has 0 aliphatic heterocycles. The van der Waals surface area contributed by atoms with Gasteiger partial charge in [-0.1, -0.05) is 11.6 Å². The van der Waals surface area contributed by atoms with Gasteiger partial charge in [-0.2, -0.15) is 0 Å². The number of amides is 1. The summed E-state index contributed by atoms with van der Waals surface area (Å²) in [6, 6.07) is 4.01. The van der Waals surface area contributed by atoms with Crippen molar-refractivity contribution in [3.8, 4) is 0 Å². The third-order valence-electron chi connectivity index (χ3n) is 6.62. The predicted molar refractivity (Wildman–Crippen MR) is 89.5 cm³/mol. The number of carbonyl (C=O) groups excluding carboxylic acids is 1. The van der Waals surface area contributed by atoms with Crippen LogP contribution in [0, 0.1) is 23.7 Å². The standard InChI is InChI=1S/C19H23ClN2O/c20-16-4-3-15(18(21-16)12-1-2-12)19(23)22-17-13-6-10-5-11(8-13)9-14(17)7-10/h3-4,10-14,17H,1-2,5-9H2,(H,22,23). The zero-order valence-corrected chi connectivity index (χ0v) is 14.1. The highest BCUT2D eigenvalue weighted by Gasteiger charge is 2.48. The van der Waals surface area contributed by atoms with Crippen molar-refractivity contribution in [1.82, 2.24) is 10.3 Å². The average Bonchev–Trinajstić information content (AvgIpc) is 3.34. The van der Waals surface area contributed by atoms with Gasteiger partial charge in [-0.3, -0.25) is 4.79 Å². The zero-order chi connectivity index (χ0) is 15.6. The number of hydrogen-bond donors (Lipinski definition) is 1. The molecular formula is C19H23ClN2O. The summed E-state index contributed by atoms with van der Waals surface area (Å²) >= 11 is 6.04. The Hall–Kier alpha value is -1.09. The van der Waals surface area contributed by atoms with Crippen molar-refractivity contribution in [2.45, 2.75) is 56.9 Å². The van der Waals surface area contributed by atoms with E-state index in [-0.39, 0.29) is 5.91 Å². The Balaban J connectivity index is 1.38. The Labute approximate surface area is 142 Å². The van der Waals surface area contributed by atoms with Gasteiger partial charge >= 0.3 is 0 Å². The second kappa shape index (κ2) is 5.20. The van der Waals surface area contributed by atoms with Crippen LogP contribution in [0.2, 0.25) is 5.15 Å². The largest absolute Gasteiger partial charge is 0.349 e. The third kappa shape index (κ3) is 2.48. The maximum atomic E-state index is 12.9. The fourth-order valence-electron chi connectivity index (χ4n) is 5.70. The molecule has 1 heterocycles. The summed E-state index contributed by atoms with van der Waals surface area (Å²) in [5.41, 5.74) is 1.67. The summed E-state index contributed by atoms with van der Waals surface area (Å²) in [7, 11) is 0. The van der Waals surface area contributed by atoms with E-state index < -0.39 is 0 Å². The summed E-state index contributed by atoms with van der Waals surface area (Å²) in [6.07, 6.45) is 9.01. The van der Waals surface area contributed by atoms with Crippen LogP contribution in [-0.4, -0.2) is 16.9 Å². The van der Waals surface area contributed by atoms with Crippen LogP contribution < -0.4 is 5.32 Å². The topological polar surface area (TPSA) is 42.0 Å². The highest BCUT2D eigenvalue weighted by Crippen LogP contribution is 2.53. The number of rotatable bonds is 3. The van der Waals surface area contributed by atoms with Crippen LogP contribution >= 0.6 is 11.6 Å². The first-order chi connectivity index (χ1) is 11.2. The van der Waals surface area contributed by atoms with E-state index >= 15 is 0 Å². The van der Waals surface area contributed by atoms with Gasteiger partial charge in [0.05, 0.1) is 11.3 Å². The summed E-state index contributed by atoms with van der Waals surface area (Å²) < 4.78 is 0. The van der Waals surface area contributed by atoms with Crippen LogP contribution in [0.3, 0.4) is 0 Å². The van der Waals surface area contributed by atoms with E-state index in [4.69, 9.17) is 11.6 Å². The van der Waals surface area contributed by atoms with E-state index in [0.29, 0.717) is 28.9 Å². The molecule has 5 fully saturated rings. The Morgan fingerprint density at radius 3 is 2.30 bits per heavy atom. The normalized spacial score (nSPS) is 37.9. The molecule has 0 aromatic carbocycles. The van der Waals surface area contributed by atoms with E-state index in [9.17, 15) is 4.79 Å². The van der Waals surface area contributed by atoms with Crippen molar-refractivity contribution in [3.63, 3.8) is 0 Å². The molecule has 6 rings (SSSR count). The molecule has 4 heteroatoms. The highest BCUT2D eigenvalue weighted by molar-refractivity contribution is 6.29. The minimum Gasteiger partial charge on any atom is -0.349 e. The molecule has 5 saturated carbocycles. The SMILES string of the molecule is O=C(NC1C2CC3CC(C2)CC1C3)c1ccc(Cl)nc1C1CC1. The molecule has 0 spiro atoms. The van der Waals surface area contributed by atoms with Gasteiger partial charge in [0.25, 0.3) is 5.91 Å². The number of hydrogen-bond acceptors (Lipinski definition) is 2. The fraction of sp³-hybridized carbons (Fsp3) is 0.684. The minimum atomic E-state index is 0.0774. The molecule has 5 aliphatic rings. The van der Waals surface area contributed by atoms with Gasteiger partial charge in [0, 0.05) is 12.0 Å². The van der Waals surface area contributed by atoms with E-state index in [1.807, 2.05) is 6.07 Å². The van der Waals surface area contributed by atoms with Crippen LogP contribution in [0.15, 0.2) is 12.1 Å². The molecule has 0 unspecified atom stereocenters. The van der Waals surface area contributed by atoms with E-state index in [1.165, 1.54) is 32.1 Å². The lowest BCUT2D eigenvalue weighted by molar-refractivity contribution is -0.0119. The maximum Gasteiger partial charge on any atom is 0.253 e. The van der Waals surface area contributed by atoms with Gasteiger partial charge in [0.15, 0.2) is 0 Å². The van der Waals surface area contributed by atoms with Crippen molar-refractivity contribution >= 4 is 17.5 Å². The van der Waals surface area contributed by atoms with E-state index in [2.05, 4.69) is 10.3 Å². The lowest BCUT2D eigenvalue weighted by Crippen LogP contribution is -2.55. The molecule has 0 saturated heterocycles. The molecule has 1 aromatic heterocycles. The number of aromatic nitrogens is 1. The maximum absolute atomic E-state index is 12.9. The lowest BCUT2D eigenvalue weighted by atomic mass is 9.54. The molecule has 0 atom stereocenters. The molecule has 3 nitrogen and oxygen atoms in total. The first-order valence-electron chi connectivity index (χ1n) is 9.14. The molecule has 1 aromatic rings. The quantitative estimate of drug-likeness (QED) is 0.845. The number of pyridine rings is 1. The van der Waals surface area contributed by atoms with Gasteiger partial charge in [-0.05, 0) is 80.8 Å². The summed E-state index contributed by atoms with van der Waals surface area (Å²) in [5, 5.41) is 3.90. The van der Waals surface area contributed by atoms with Gasteiger partial charge in [-0.15, -0.1) is 0 Å². The first kappa shape index (κ1) is 14.3. The Bertz CT molecular complexity index is 627. The molecule has 1 amide bonds. The molecule has 23 heavy (non-hydrogen) atoms. The van der Waals surface area contributed by atoms with E-state index in [0.717, 1.165) is 35.9 Å². The smallest absolute Gasteiger partial charge is 0.253 e. The van der Waals surface area contributed by atoms with Gasteiger partial charge in [0.1, 0.15) is 5.15 Å². The van der Waals surface area contributed by atoms with Gasteiger partial charge < -0.3 is 5.32 Å². The molecule has 5 aliphatic carbocycles. The van der Waals surface area contributed by atoms with Crippen molar-refractivity contribution in [1.29, 1.82) is 0 Å². The van der Waals surface area contributed by atoms with Crippen LogP contribution in [0.5, 0.6) is 0 Å². The molecule has 0 radical (unpaired) electrons. The number of carbonyl (C=O) groups is 1. The summed E-state index contributed by atoms with van der Waals surface area (Å²) in [6.45, 7) is 0. The summed E-state index contributed by atoms with van der Waals surface area (Å²) in [5.74, 6) is 3.80. The van der Waals surface area contributed by atoms with Crippen LogP contribution in [0.25, 0.3) is 0 Å². The number of nitrogens with one attached hydrogen (secondary N) is 1. The Morgan fingerprint density at radius 1 is 1.04 bits per heavy atom. The second-order valence-corrected chi connectivity index (χ2v) is 8.66. The molecule has 122 valence electrons. The van der Waals surface area contributed by atoms with Crippen LogP contribution in [-0.2, 0) is 0 Å². The van der Waals surface area contributed by atoms with Gasteiger partial charge in [-0.25, -0.2) is 4.98 Å². The Kier molecular flexibility index (Phi) is 3.23. The monoisotopic (exact) mass is 330 g/mol. The van der Waals surface area contributed by atoms with Crippen molar-refractivity contribution in [2.24, 2.45) is 23.7 Å². The lowest BCUT2D eigenvalue weighted by Gasteiger charge is -2.54. The zero-order valence-electron chi connectivity index (χ0n) is 13.3. The third-order valence-corrected chi connectivity index (χ3v) is 6.83. The van der Waals surface area contributed by atoms with Crippen molar-refractivity contribution in [2.75, 3.05) is 0 Å². The van der Waals surface area contributed by atoms with E-state index in [1.54, 1.807) is 6.07 Å². The molecular weight excluding hydrogens is 308 g/mol. The van der Waals surface area contributed by atoms with Gasteiger partial charge in [0.2, 0.25) is 0 Å². The van der Waals surface area contributed by atoms with Crippen LogP contribution in [0.4, 0.5) is 0 Å². The number of halogens is 1. The van der Waals surface area contributed by atoms with Crippen molar-refractivity contribution < 1.29 is 4.79 Å².